The molecule has 0 amide bonds. The number of amidine groups is 1. The van der Waals surface area contributed by atoms with Crippen molar-refractivity contribution >= 4 is 21.8 Å². The molecule has 166 valence electrons. The van der Waals surface area contributed by atoms with Crippen molar-refractivity contribution in [2.75, 3.05) is 13.2 Å². The quantitative estimate of drug-likeness (QED) is 0.496. The van der Waals surface area contributed by atoms with Crippen LogP contribution in [0.25, 0.3) is 0 Å². The highest BCUT2D eigenvalue weighted by molar-refractivity contribution is 9.10. The third-order valence-electron chi connectivity index (χ3n) is 7.46. The summed E-state index contributed by atoms with van der Waals surface area (Å²) in [5.74, 6) is 0.360. The van der Waals surface area contributed by atoms with Gasteiger partial charge >= 0.3 is 0 Å². The Balaban J connectivity index is 1.61. The van der Waals surface area contributed by atoms with Gasteiger partial charge in [0.05, 0.1) is 11.5 Å². The van der Waals surface area contributed by atoms with Crippen molar-refractivity contribution in [2.45, 2.75) is 57.1 Å². The summed E-state index contributed by atoms with van der Waals surface area (Å²) in [6.45, 7) is 3.44. The second kappa shape index (κ2) is 8.43. The predicted octanol–water partition coefficient (Wildman–Crippen LogP) is 5.82. The van der Waals surface area contributed by atoms with Crippen LogP contribution >= 0.6 is 15.9 Å². The van der Waals surface area contributed by atoms with Gasteiger partial charge < -0.3 is 4.74 Å². The van der Waals surface area contributed by atoms with Gasteiger partial charge in [-0.25, -0.2) is 8.78 Å². The first-order valence-corrected chi connectivity index (χ1v) is 12.0. The van der Waals surface area contributed by atoms with Crippen LogP contribution in [0.5, 0.6) is 0 Å². The number of halogens is 3. The number of alkyl halides is 2. The van der Waals surface area contributed by atoms with Crippen LogP contribution in [0.4, 0.5) is 8.78 Å². The lowest BCUT2D eigenvalue weighted by atomic mass is 9.52. The van der Waals surface area contributed by atoms with E-state index in [1.807, 2.05) is 12.1 Å². The van der Waals surface area contributed by atoms with Crippen LogP contribution in [-0.2, 0) is 4.74 Å². The van der Waals surface area contributed by atoms with E-state index in [0.29, 0.717) is 12.4 Å². The molecule has 4 aliphatic rings. The minimum Gasteiger partial charge on any atom is -0.376 e. The average Bonchev–Trinajstić information content (AvgIpc) is 3.13. The summed E-state index contributed by atoms with van der Waals surface area (Å²) in [6, 6.07) is 3.66. The number of rotatable bonds is 4. The number of aliphatic imine (C=N–C) groups is 1. The molecule has 0 N–H and O–H groups in total. The molecule has 1 saturated heterocycles. The highest BCUT2D eigenvalue weighted by Gasteiger charge is 2.62. The molecule has 1 aromatic heterocycles. The molecule has 0 aromatic carbocycles. The van der Waals surface area contributed by atoms with E-state index in [2.05, 4.69) is 50.2 Å². The fraction of sp³-hybridized carbons (Fsp3) is 0.652. The van der Waals surface area contributed by atoms with Gasteiger partial charge in [-0.1, -0.05) is 19.1 Å². The van der Waals surface area contributed by atoms with Crippen molar-refractivity contribution < 1.29 is 13.5 Å². The third kappa shape index (κ3) is 3.59. The molecule has 1 aromatic rings. The Morgan fingerprint density at radius 1 is 1.29 bits per heavy atom. The van der Waals surface area contributed by atoms with Gasteiger partial charge in [-0.2, -0.15) is 5.11 Å². The number of pyridine rings is 1. The van der Waals surface area contributed by atoms with Crippen molar-refractivity contribution in [3.8, 4) is 0 Å². The predicted molar refractivity (Wildman–Crippen MR) is 118 cm³/mol. The molecule has 5 nitrogen and oxygen atoms in total. The fourth-order valence-electron chi connectivity index (χ4n) is 6.25. The van der Waals surface area contributed by atoms with E-state index in [4.69, 9.17) is 9.73 Å². The van der Waals surface area contributed by atoms with E-state index < -0.39 is 11.8 Å². The number of ether oxygens (including phenoxy) is 1. The van der Waals surface area contributed by atoms with E-state index in [1.165, 1.54) is 0 Å². The topological polar surface area (TPSA) is 59.2 Å². The number of aromatic nitrogens is 1. The number of hydrogen-bond acceptors (Lipinski definition) is 5. The van der Waals surface area contributed by atoms with Crippen molar-refractivity contribution in [3.63, 3.8) is 0 Å². The minimum atomic E-state index is -2.39. The number of hydrogen-bond donors (Lipinski definition) is 0. The minimum absolute atomic E-state index is 0.0417. The third-order valence-corrected chi connectivity index (χ3v) is 7.93. The van der Waals surface area contributed by atoms with Crippen LogP contribution in [-0.4, -0.2) is 42.5 Å². The smallest absolute Gasteiger partial charge is 0.238 e. The maximum absolute atomic E-state index is 13.9. The maximum atomic E-state index is 13.9. The van der Waals surface area contributed by atoms with Crippen LogP contribution < -0.4 is 0 Å². The van der Waals surface area contributed by atoms with Gasteiger partial charge in [-0.15, -0.1) is 5.11 Å². The number of azo groups is 1. The SMILES string of the molecule is C[C@H]1CN=C2N=NC(C3CCCCO3)C23C=C[C@H](c2ccc(Br)cn2)C(CC(F)F)C13. The normalized spacial score (nSPS) is 39.3. The Bertz CT molecular complexity index is 899. The standard InChI is InChI=1S/C23H27BrF2N4O/c1-13-11-28-22-23(21(29-30-22)18-4-2-3-9-31-18)8-7-15(16(20(13)23)10-19(25)26)17-6-5-14(24)12-27-17/h5-8,12-13,15-16,18-21H,2-4,9-11H2,1H3/t13-,15-,16?,18?,20?,21?,23?/m0/s1. The van der Waals surface area contributed by atoms with Gasteiger partial charge in [-0.3, -0.25) is 9.98 Å². The Morgan fingerprint density at radius 2 is 2.16 bits per heavy atom. The second-order valence-electron chi connectivity index (χ2n) is 9.24. The van der Waals surface area contributed by atoms with E-state index in [-0.39, 0.29) is 42.2 Å². The van der Waals surface area contributed by atoms with Gasteiger partial charge in [0.1, 0.15) is 6.04 Å². The molecule has 8 heteroatoms. The molecule has 7 atom stereocenters. The maximum Gasteiger partial charge on any atom is 0.238 e. The lowest BCUT2D eigenvalue weighted by Crippen LogP contribution is -2.57. The molecular formula is C23H27BrF2N4O. The van der Waals surface area contributed by atoms with E-state index in [9.17, 15) is 8.78 Å². The van der Waals surface area contributed by atoms with Gasteiger partial charge in [-0.05, 0) is 65.1 Å². The fourth-order valence-corrected chi connectivity index (χ4v) is 6.48. The second-order valence-corrected chi connectivity index (χ2v) is 10.2. The summed E-state index contributed by atoms with van der Waals surface area (Å²) in [5.41, 5.74) is 0.263. The summed E-state index contributed by atoms with van der Waals surface area (Å²) in [4.78, 5) is 9.33. The van der Waals surface area contributed by atoms with Crippen molar-refractivity contribution in [2.24, 2.45) is 38.4 Å². The summed E-state index contributed by atoms with van der Waals surface area (Å²) in [7, 11) is 0. The van der Waals surface area contributed by atoms with Crippen molar-refractivity contribution in [1.29, 1.82) is 0 Å². The van der Waals surface area contributed by atoms with Crippen LogP contribution in [0.3, 0.4) is 0 Å². The van der Waals surface area contributed by atoms with Crippen molar-refractivity contribution in [3.05, 3.63) is 40.6 Å². The first-order valence-electron chi connectivity index (χ1n) is 11.2. The molecule has 0 bridgehead atoms. The molecule has 1 spiro atoms. The Hall–Kier alpha value is -1.54. The van der Waals surface area contributed by atoms with Gasteiger partial charge in [0.25, 0.3) is 0 Å². The molecule has 1 aliphatic carbocycles. The highest BCUT2D eigenvalue weighted by atomic mass is 79.9. The number of allylic oxidation sites excluding steroid dienone is 1. The molecular weight excluding hydrogens is 466 g/mol. The summed E-state index contributed by atoms with van der Waals surface area (Å²) >= 11 is 3.42. The molecule has 4 heterocycles. The van der Waals surface area contributed by atoms with Crippen LogP contribution in [0, 0.1) is 23.2 Å². The first kappa shape index (κ1) is 21.3. The molecule has 0 radical (unpaired) electrons. The summed E-state index contributed by atoms with van der Waals surface area (Å²) in [5, 5.41) is 9.13. The largest absolute Gasteiger partial charge is 0.376 e. The highest BCUT2D eigenvalue weighted by Crippen LogP contribution is 2.59. The van der Waals surface area contributed by atoms with Crippen LogP contribution in [0.2, 0.25) is 0 Å². The molecule has 0 saturated carbocycles. The Kier molecular flexibility index (Phi) is 5.79. The molecule has 1 fully saturated rings. The Labute approximate surface area is 189 Å². The van der Waals surface area contributed by atoms with Gasteiger partial charge in [0.15, 0.2) is 5.84 Å². The zero-order valence-electron chi connectivity index (χ0n) is 17.5. The van der Waals surface area contributed by atoms with Crippen LogP contribution in [0.1, 0.15) is 44.2 Å². The number of nitrogens with zero attached hydrogens (tertiary/aromatic N) is 4. The van der Waals surface area contributed by atoms with E-state index in [0.717, 1.165) is 36.0 Å². The molecule has 31 heavy (non-hydrogen) atoms. The lowest BCUT2D eigenvalue weighted by Gasteiger charge is -2.52. The monoisotopic (exact) mass is 492 g/mol. The average molecular weight is 493 g/mol. The molecule has 5 rings (SSSR count). The van der Waals surface area contributed by atoms with Crippen molar-refractivity contribution in [1.82, 2.24) is 4.98 Å². The van der Waals surface area contributed by atoms with E-state index >= 15 is 0 Å². The molecule has 3 aliphatic heterocycles. The zero-order valence-corrected chi connectivity index (χ0v) is 19.1. The van der Waals surface area contributed by atoms with Gasteiger partial charge in [0.2, 0.25) is 6.43 Å². The Morgan fingerprint density at radius 3 is 2.87 bits per heavy atom. The van der Waals surface area contributed by atoms with Gasteiger partial charge in [0, 0.05) is 41.9 Å². The molecule has 5 unspecified atom stereocenters. The van der Waals surface area contributed by atoms with E-state index in [1.54, 1.807) is 6.20 Å². The zero-order chi connectivity index (χ0) is 21.6. The van der Waals surface area contributed by atoms with Crippen LogP contribution in [0.15, 0.2) is 50.2 Å². The first-order chi connectivity index (χ1) is 15.0. The summed E-state index contributed by atoms with van der Waals surface area (Å²) in [6.07, 6.45) is 6.44. The summed E-state index contributed by atoms with van der Waals surface area (Å²) < 4.78 is 34.8. The lowest BCUT2D eigenvalue weighted by molar-refractivity contribution is -0.0384.